The lowest BCUT2D eigenvalue weighted by Gasteiger charge is -2.19. The van der Waals surface area contributed by atoms with Crippen molar-refractivity contribution in [1.29, 1.82) is 0 Å². The van der Waals surface area contributed by atoms with Crippen LogP contribution in [0.25, 0.3) is 5.57 Å². The van der Waals surface area contributed by atoms with Crippen LogP contribution in [-0.4, -0.2) is 24.5 Å². The first kappa shape index (κ1) is 20.0. The Balaban J connectivity index is 2.46. The first-order valence-electron chi connectivity index (χ1n) is 8.49. The molecule has 138 valence electrons. The molecule has 0 radical (unpaired) electrons. The zero-order chi connectivity index (χ0) is 19.3. The third-order valence-corrected chi connectivity index (χ3v) is 4.29. The molecule has 0 bridgehead atoms. The Morgan fingerprint density at radius 3 is 2.38 bits per heavy atom. The third-order valence-electron chi connectivity index (χ3n) is 4.00. The molecule has 0 aliphatic heterocycles. The van der Waals surface area contributed by atoms with Crippen molar-refractivity contribution in [2.45, 2.75) is 33.1 Å². The molecule has 1 aromatic carbocycles. The van der Waals surface area contributed by atoms with E-state index < -0.39 is 0 Å². The molecule has 1 aromatic heterocycles. The fraction of sp³-hybridized carbons (Fsp3) is 0.333. The number of carbonyl (C=O) groups is 1. The Kier molecular flexibility index (Phi) is 6.43. The van der Waals surface area contributed by atoms with Crippen molar-refractivity contribution in [2.24, 2.45) is 0 Å². The van der Waals surface area contributed by atoms with E-state index in [1.54, 1.807) is 6.07 Å². The summed E-state index contributed by atoms with van der Waals surface area (Å²) >= 11 is 6.10. The lowest BCUT2D eigenvalue weighted by Crippen LogP contribution is -2.19. The molecule has 4 nitrogen and oxygen atoms in total. The number of halogens is 1. The Morgan fingerprint density at radius 1 is 1.19 bits per heavy atom. The third kappa shape index (κ3) is 5.09. The van der Waals surface area contributed by atoms with Gasteiger partial charge in [0.1, 0.15) is 5.02 Å². The van der Waals surface area contributed by atoms with Gasteiger partial charge in [-0.3, -0.25) is 4.79 Å². The summed E-state index contributed by atoms with van der Waals surface area (Å²) in [5.41, 5.74) is 4.00. The smallest absolute Gasteiger partial charge is 0.232 e. The highest BCUT2D eigenvalue weighted by atomic mass is 35.5. The predicted molar refractivity (Wildman–Crippen MR) is 107 cm³/mol. The Morgan fingerprint density at radius 2 is 1.85 bits per heavy atom. The second kappa shape index (κ2) is 8.37. The van der Waals surface area contributed by atoms with Crippen molar-refractivity contribution in [2.75, 3.05) is 13.7 Å². The second-order valence-corrected chi connectivity index (χ2v) is 7.48. The number of carbonyl (C=O) groups excluding carboxylic acids is 1. The van der Waals surface area contributed by atoms with Gasteiger partial charge in [-0.1, -0.05) is 62.7 Å². The van der Waals surface area contributed by atoms with Crippen molar-refractivity contribution >= 4 is 23.1 Å². The van der Waals surface area contributed by atoms with Gasteiger partial charge in [-0.2, -0.15) is 0 Å². The van der Waals surface area contributed by atoms with Crippen LogP contribution in [0.4, 0.5) is 0 Å². The number of nitrogens with one attached hydrogen (secondary N) is 1. The molecule has 1 N–H and O–H groups in total. The Bertz CT molecular complexity index is 806. The first-order valence-corrected chi connectivity index (χ1v) is 8.86. The SMILES string of the molecule is COc1nc(C(=CCNC(C)=O)c2ccc(C(C)(C)C)cc2)ccc1Cl. The number of rotatable bonds is 5. The van der Waals surface area contributed by atoms with E-state index in [2.05, 4.69) is 55.3 Å². The Hall–Kier alpha value is -2.33. The van der Waals surface area contributed by atoms with Crippen LogP contribution in [0.5, 0.6) is 5.88 Å². The molecule has 5 heteroatoms. The van der Waals surface area contributed by atoms with Gasteiger partial charge in [0, 0.05) is 19.0 Å². The van der Waals surface area contributed by atoms with E-state index >= 15 is 0 Å². The largest absolute Gasteiger partial charge is 0.480 e. The molecule has 0 atom stereocenters. The first-order chi connectivity index (χ1) is 12.2. The fourth-order valence-electron chi connectivity index (χ4n) is 2.53. The summed E-state index contributed by atoms with van der Waals surface area (Å²) in [7, 11) is 1.54. The van der Waals surface area contributed by atoms with Crippen LogP contribution in [0.15, 0.2) is 42.5 Å². The number of aromatic nitrogens is 1. The molecule has 0 aliphatic rings. The van der Waals surface area contributed by atoms with Gasteiger partial charge in [0.15, 0.2) is 0 Å². The predicted octanol–water partition coefficient (Wildman–Crippen LogP) is 4.61. The average Bonchev–Trinajstić information content (AvgIpc) is 2.59. The van der Waals surface area contributed by atoms with E-state index in [1.165, 1.54) is 19.6 Å². The lowest BCUT2D eigenvalue weighted by atomic mass is 9.86. The number of ether oxygens (including phenoxy) is 1. The molecular formula is C21H25ClN2O2. The van der Waals surface area contributed by atoms with Crippen molar-refractivity contribution in [1.82, 2.24) is 10.3 Å². The minimum Gasteiger partial charge on any atom is -0.480 e. The van der Waals surface area contributed by atoms with Gasteiger partial charge in [0.2, 0.25) is 11.8 Å². The van der Waals surface area contributed by atoms with E-state index in [4.69, 9.17) is 16.3 Å². The molecule has 1 amide bonds. The number of nitrogens with zero attached hydrogens (tertiary/aromatic N) is 1. The van der Waals surface area contributed by atoms with Gasteiger partial charge < -0.3 is 10.1 Å². The van der Waals surface area contributed by atoms with Crippen LogP contribution in [0.3, 0.4) is 0 Å². The van der Waals surface area contributed by atoms with Gasteiger partial charge in [-0.15, -0.1) is 0 Å². The maximum absolute atomic E-state index is 11.2. The van der Waals surface area contributed by atoms with Crippen molar-refractivity contribution in [3.63, 3.8) is 0 Å². The second-order valence-electron chi connectivity index (χ2n) is 7.07. The van der Waals surface area contributed by atoms with E-state index in [1.807, 2.05) is 12.1 Å². The molecule has 26 heavy (non-hydrogen) atoms. The van der Waals surface area contributed by atoms with Crippen LogP contribution in [-0.2, 0) is 10.2 Å². The highest BCUT2D eigenvalue weighted by Crippen LogP contribution is 2.29. The van der Waals surface area contributed by atoms with Gasteiger partial charge in [0.25, 0.3) is 0 Å². The van der Waals surface area contributed by atoms with E-state index in [9.17, 15) is 4.79 Å². The molecule has 0 saturated heterocycles. The number of amides is 1. The van der Waals surface area contributed by atoms with Crippen LogP contribution < -0.4 is 10.1 Å². The monoisotopic (exact) mass is 372 g/mol. The highest BCUT2D eigenvalue weighted by Gasteiger charge is 2.15. The van der Waals surface area contributed by atoms with Crippen molar-refractivity contribution < 1.29 is 9.53 Å². The van der Waals surface area contributed by atoms with Crippen LogP contribution in [0, 0.1) is 0 Å². The number of hydrogen-bond donors (Lipinski definition) is 1. The molecule has 1 heterocycles. The van der Waals surface area contributed by atoms with Crippen molar-refractivity contribution in [3.8, 4) is 5.88 Å². The summed E-state index contributed by atoms with van der Waals surface area (Å²) in [4.78, 5) is 15.7. The van der Waals surface area contributed by atoms with Crippen LogP contribution >= 0.6 is 11.6 Å². The van der Waals surface area contributed by atoms with Gasteiger partial charge in [0.05, 0.1) is 12.8 Å². The summed E-state index contributed by atoms with van der Waals surface area (Å²) in [6.07, 6.45) is 1.95. The summed E-state index contributed by atoms with van der Waals surface area (Å²) in [6, 6.07) is 12.0. The molecule has 0 unspecified atom stereocenters. The summed E-state index contributed by atoms with van der Waals surface area (Å²) in [5.74, 6) is 0.297. The topological polar surface area (TPSA) is 51.2 Å². The molecule has 0 saturated carbocycles. The van der Waals surface area contributed by atoms with E-state index in [-0.39, 0.29) is 11.3 Å². The van der Waals surface area contributed by atoms with E-state index in [0.717, 1.165) is 16.8 Å². The van der Waals surface area contributed by atoms with Crippen molar-refractivity contribution in [3.05, 3.63) is 64.3 Å². The normalized spacial score (nSPS) is 12.0. The standard InChI is InChI=1S/C21H25ClN2O2/c1-14(25)23-13-12-17(19-11-10-18(22)20(24-19)26-5)15-6-8-16(9-7-15)21(2,3)4/h6-12H,13H2,1-5H3,(H,23,25). The molecule has 2 aromatic rings. The quantitative estimate of drug-likeness (QED) is 0.833. The molecule has 0 fully saturated rings. The number of benzene rings is 1. The average molecular weight is 373 g/mol. The van der Waals surface area contributed by atoms with Gasteiger partial charge >= 0.3 is 0 Å². The maximum atomic E-state index is 11.2. The van der Waals surface area contributed by atoms with Gasteiger partial charge in [-0.25, -0.2) is 4.98 Å². The fourth-order valence-corrected chi connectivity index (χ4v) is 2.72. The number of pyridine rings is 1. The maximum Gasteiger partial charge on any atom is 0.232 e. The highest BCUT2D eigenvalue weighted by molar-refractivity contribution is 6.31. The molecule has 0 spiro atoms. The molecular weight excluding hydrogens is 348 g/mol. The number of methoxy groups -OCH3 is 1. The van der Waals surface area contributed by atoms with Crippen LogP contribution in [0.1, 0.15) is 44.5 Å². The zero-order valence-electron chi connectivity index (χ0n) is 15.9. The molecule has 0 aliphatic carbocycles. The minimum absolute atomic E-state index is 0.0784. The molecule has 2 rings (SSSR count). The summed E-state index contributed by atoms with van der Waals surface area (Å²) in [6.45, 7) is 8.46. The lowest BCUT2D eigenvalue weighted by molar-refractivity contribution is -0.118. The van der Waals surface area contributed by atoms with E-state index in [0.29, 0.717) is 17.4 Å². The minimum atomic E-state index is -0.0784. The summed E-state index contributed by atoms with van der Waals surface area (Å²) < 4.78 is 5.24. The Labute approximate surface area is 160 Å². The summed E-state index contributed by atoms with van der Waals surface area (Å²) in [5, 5.41) is 3.25. The van der Waals surface area contributed by atoms with Crippen LogP contribution in [0.2, 0.25) is 5.02 Å². The van der Waals surface area contributed by atoms with Gasteiger partial charge in [-0.05, 0) is 28.7 Å². The number of hydrogen-bond acceptors (Lipinski definition) is 3. The zero-order valence-corrected chi connectivity index (χ0v) is 16.6.